The molecule has 1 aliphatic rings. The van der Waals surface area contributed by atoms with Crippen molar-refractivity contribution in [2.75, 3.05) is 25.9 Å². The Hall–Kier alpha value is -0.130. The van der Waals surface area contributed by atoms with Gasteiger partial charge in [-0.3, -0.25) is 0 Å². The van der Waals surface area contributed by atoms with Gasteiger partial charge >= 0.3 is 0 Å². The van der Waals surface area contributed by atoms with E-state index in [4.69, 9.17) is 0 Å². The van der Waals surface area contributed by atoms with E-state index in [9.17, 15) is 8.42 Å². The molecule has 18 heavy (non-hydrogen) atoms. The first-order valence-electron chi connectivity index (χ1n) is 7.15. The maximum atomic E-state index is 11.5. The minimum Gasteiger partial charge on any atom is -0.314 e. The average Bonchev–Trinajstić information content (AvgIpc) is 2.34. The minimum absolute atomic E-state index is 0.543. The normalized spacial score (nSPS) is 24.1. The third kappa shape index (κ3) is 5.24. The van der Waals surface area contributed by atoms with E-state index < -0.39 is 10.0 Å². The van der Waals surface area contributed by atoms with Crippen LogP contribution in [0.25, 0.3) is 0 Å². The van der Waals surface area contributed by atoms with E-state index >= 15 is 0 Å². The third-order valence-electron chi connectivity index (χ3n) is 3.86. The van der Waals surface area contributed by atoms with E-state index in [0.29, 0.717) is 18.5 Å². The highest BCUT2D eigenvalue weighted by molar-refractivity contribution is 7.88. The highest BCUT2D eigenvalue weighted by Crippen LogP contribution is 2.23. The monoisotopic (exact) mass is 276 g/mol. The van der Waals surface area contributed by atoms with Crippen molar-refractivity contribution in [1.29, 1.82) is 0 Å². The molecule has 5 heteroatoms. The van der Waals surface area contributed by atoms with Crippen molar-refractivity contribution in [3.05, 3.63) is 0 Å². The van der Waals surface area contributed by atoms with E-state index in [2.05, 4.69) is 19.2 Å². The fraction of sp³-hybridized carbons (Fsp3) is 1.00. The fourth-order valence-electron chi connectivity index (χ4n) is 2.74. The van der Waals surface area contributed by atoms with Crippen molar-refractivity contribution < 1.29 is 8.42 Å². The molecule has 2 unspecified atom stereocenters. The first-order chi connectivity index (χ1) is 8.47. The molecule has 4 nitrogen and oxygen atoms in total. The summed E-state index contributed by atoms with van der Waals surface area (Å²) in [6.45, 7) is 6.78. The highest BCUT2D eigenvalue weighted by atomic mass is 32.2. The third-order valence-corrected chi connectivity index (χ3v) is 5.13. The number of nitrogens with zero attached hydrogens (tertiary/aromatic N) is 1. The molecule has 1 heterocycles. The number of rotatable bonds is 7. The summed E-state index contributed by atoms with van der Waals surface area (Å²) in [6, 6.07) is 0.587. The van der Waals surface area contributed by atoms with Gasteiger partial charge in [0, 0.05) is 19.1 Å². The molecule has 0 aromatic carbocycles. The maximum absolute atomic E-state index is 11.5. The molecule has 0 aromatic rings. The quantitative estimate of drug-likeness (QED) is 0.772. The summed E-state index contributed by atoms with van der Waals surface area (Å²) in [7, 11) is -3.00. The van der Waals surface area contributed by atoms with Gasteiger partial charge in [-0.1, -0.05) is 13.8 Å². The lowest BCUT2D eigenvalue weighted by molar-refractivity contribution is 0.246. The molecule has 0 radical (unpaired) electrons. The molecule has 0 spiro atoms. The second-order valence-electron chi connectivity index (χ2n) is 5.37. The van der Waals surface area contributed by atoms with E-state index in [1.54, 1.807) is 4.31 Å². The van der Waals surface area contributed by atoms with Crippen LogP contribution in [0.3, 0.4) is 0 Å². The molecular formula is C13H28N2O2S. The van der Waals surface area contributed by atoms with Crippen LogP contribution >= 0.6 is 0 Å². The summed E-state index contributed by atoms with van der Waals surface area (Å²) in [5.74, 6) is 0.543. The molecule has 108 valence electrons. The molecule has 0 aliphatic carbocycles. The Morgan fingerprint density at radius 1 is 1.39 bits per heavy atom. The van der Waals surface area contributed by atoms with Crippen LogP contribution in [0.5, 0.6) is 0 Å². The van der Waals surface area contributed by atoms with Gasteiger partial charge in [0.1, 0.15) is 0 Å². The van der Waals surface area contributed by atoms with Crippen molar-refractivity contribution in [3.8, 4) is 0 Å². The van der Waals surface area contributed by atoms with Gasteiger partial charge in [-0.2, -0.15) is 0 Å². The van der Waals surface area contributed by atoms with Gasteiger partial charge in [-0.15, -0.1) is 0 Å². The van der Waals surface area contributed by atoms with Crippen LogP contribution in [0.2, 0.25) is 0 Å². The standard InChI is InChI=1S/C13H28N2O2S/c1-4-13(14-5-2)9-8-12-7-6-10-15(11-12)18(3,16)17/h12-14H,4-11H2,1-3H3. The molecule has 0 aromatic heterocycles. The van der Waals surface area contributed by atoms with Crippen LogP contribution in [-0.2, 0) is 10.0 Å². The van der Waals surface area contributed by atoms with Crippen LogP contribution in [-0.4, -0.2) is 44.7 Å². The Balaban J connectivity index is 2.38. The van der Waals surface area contributed by atoms with Crippen molar-refractivity contribution in [3.63, 3.8) is 0 Å². The summed E-state index contributed by atoms with van der Waals surface area (Å²) < 4.78 is 24.7. The van der Waals surface area contributed by atoms with Gasteiger partial charge in [-0.05, 0) is 44.6 Å². The van der Waals surface area contributed by atoms with E-state index in [-0.39, 0.29) is 0 Å². The van der Waals surface area contributed by atoms with Crippen molar-refractivity contribution in [2.45, 2.75) is 52.0 Å². The predicted molar refractivity (Wildman–Crippen MR) is 76.1 cm³/mol. The van der Waals surface area contributed by atoms with Gasteiger partial charge in [0.05, 0.1) is 6.26 Å². The van der Waals surface area contributed by atoms with Crippen LogP contribution in [0.1, 0.15) is 46.0 Å². The fourth-order valence-corrected chi connectivity index (χ4v) is 3.68. The summed E-state index contributed by atoms with van der Waals surface area (Å²) in [4.78, 5) is 0. The Bertz CT molecular complexity index is 330. The smallest absolute Gasteiger partial charge is 0.211 e. The summed E-state index contributed by atoms with van der Waals surface area (Å²) in [6.07, 6.45) is 6.95. The van der Waals surface area contributed by atoms with Gasteiger partial charge in [0.25, 0.3) is 0 Å². The minimum atomic E-state index is -3.00. The molecular weight excluding hydrogens is 248 g/mol. The van der Waals surface area contributed by atoms with Crippen LogP contribution in [0, 0.1) is 5.92 Å². The zero-order valence-electron chi connectivity index (χ0n) is 12.0. The molecule has 1 fully saturated rings. The average molecular weight is 276 g/mol. The van der Waals surface area contributed by atoms with Crippen molar-refractivity contribution >= 4 is 10.0 Å². The molecule has 1 N–H and O–H groups in total. The van der Waals surface area contributed by atoms with E-state index in [1.165, 1.54) is 12.7 Å². The summed E-state index contributed by atoms with van der Waals surface area (Å²) in [5, 5.41) is 3.48. The first-order valence-corrected chi connectivity index (χ1v) is 9.00. The van der Waals surface area contributed by atoms with E-state index in [1.807, 2.05) is 0 Å². The Kier molecular flexibility index (Phi) is 6.60. The lowest BCUT2D eigenvalue weighted by Crippen LogP contribution is -2.39. The second kappa shape index (κ2) is 7.46. The zero-order valence-corrected chi connectivity index (χ0v) is 12.8. The molecule has 1 rings (SSSR count). The number of hydrogen-bond donors (Lipinski definition) is 1. The number of sulfonamides is 1. The first kappa shape index (κ1) is 15.9. The SMILES string of the molecule is CCNC(CC)CCC1CCCN(S(C)(=O)=O)C1. The van der Waals surface area contributed by atoms with Crippen molar-refractivity contribution in [2.24, 2.45) is 5.92 Å². The zero-order chi connectivity index (χ0) is 13.6. The number of nitrogens with one attached hydrogen (secondary N) is 1. The topological polar surface area (TPSA) is 49.4 Å². The summed E-state index contributed by atoms with van der Waals surface area (Å²) in [5.41, 5.74) is 0. The Morgan fingerprint density at radius 3 is 2.67 bits per heavy atom. The van der Waals surface area contributed by atoms with Crippen LogP contribution in [0.4, 0.5) is 0 Å². The molecule has 0 bridgehead atoms. The Labute approximate surface area is 112 Å². The largest absolute Gasteiger partial charge is 0.314 e. The predicted octanol–water partition coefficient (Wildman–Crippen LogP) is 1.83. The van der Waals surface area contributed by atoms with Gasteiger partial charge < -0.3 is 5.32 Å². The highest BCUT2D eigenvalue weighted by Gasteiger charge is 2.25. The number of piperidine rings is 1. The number of hydrogen-bond acceptors (Lipinski definition) is 3. The molecule has 0 saturated carbocycles. The second-order valence-corrected chi connectivity index (χ2v) is 7.35. The molecule has 2 atom stereocenters. The van der Waals surface area contributed by atoms with Crippen LogP contribution in [0.15, 0.2) is 0 Å². The lowest BCUT2D eigenvalue weighted by atomic mass is 9.92. The van der Waals surface area contributed by atoms with Gasteiger partial charge in [0.15, 0.2) is 0 Å². The summed E-state index contributed by atoms with van der Waals surface area (Å²) >= 11 is 0. The van der Waals surface area contributed by atoms with Gasteiger partial charge in [-0.25, -0.2) is 12.7 Å². The Morgan fingerprint density at radius 2 is 2.11 bits per heavy atom. The molecule has 1 saturated heterocycles. The lowest BCUT2D eigenvalue weighted by Gasteiger charge is -2.31. The van der Waals surface area contributed by atoms with Crippen molar-refractivity contribution in [1.82, 2.24) is 9.62 Å². The molecule has 0 amide bonds. The van der Waals surface area contributed by atoms with E-state index in [0.717, 1.165) is 38.8 Å². The molecule has 1 aliphatic heterocycles. The van der Waals surface area contributed by atoms with Gasteiger partial charge in [0.2, 0.25) is 10.0 Å². The maximum Gasteiger partial charge on any atom is 0.211 e. The van der Waals surface area contributed by atoms with Crippen LogP contribution < -0.4 is 5.32 Å².